The second kappa shape index (κ2) is 9.81. The number of ether oxygens (including phenoxy) is 3. The molecule has 0 saturated heterocycles. The molecule has 29 heavy (non-hydrogen) atoms. The van der Waals surface area contributed by atoms with Gasteiger partial charge in [-0.1, -0.05) is 19.8 Å². The molecule has 1 aromatic carbocycles. The largest absolute Gasteiger partial charge is 0.493 e. The van der Waals surface area contributed by atoms with Crippen LogP contribution in [0.15, 0.2) is 18.2 Å². The van der Waals surface area contributed by atoms with Gasteiger partial charge in [0.05, 0.1) is 6.61 Å². The average molecular weight is 402 g/mol. The number of rotatable bonds is 7. The molecule has 1 amide bonds. The summed E-state index contributed by atoms with van der Waals surface area (Å²) in [6.45, 7) is 6.35. The molecule has 0 unspecified atom stereocenters. The van der Waals surface area contributed by atoms with Crippen LogP contribution in [0.2, 0.25) is 0 Å². The van der Waals surface area contributed by atoms with Gasteiger partial charge in [0.25, 0.3) is 5.91 Å². The van der Waals surface area contributed by atoms with Crippen molar-refractivity contribution in [3.63, 3.8) is 0 Å². The van der Waals surface area contributed by atoms with E-state index in [1.54, 1.807) is 6.08 Å². The highest BCUT2D eigenvalue weighted by molar-refractivity contribution is 5.90. The maximum absolute atomic E-state index is 12.1. The lowest BCUT2D eigenvalue weighted by atomic mass is 9.86. The Morgan fingerprint density at radius 1 is 1.24 bits per heavy atom. The fourth-order valence-electron chi connectivity index (χ4n) is 3.99. The van der Waals surface area contributed by atoms with Crippen molar-refractivity contribution >= 4 is 18.0 Å². The van der Waals surface area contributed by atoms with Crippen molar-refractivity contribution in [3.8, 4) is 11.5 Å². The predicted octanol–water partition coefficient (Wildman–Crippen LogP) is 3.66. The maximum atomic E-state index is 12.1. The average Bonchev–Trinajstić information content (AvgIpc) is 3.05. The molecule has 0 spiro atoms. The number of carbonyl (C=O) groups excluding carboxylic acids is 2. The van der Waals surface area contributed by atoms with Crippen molar-refractivity contribution in [1.29, 1.82) is 0 Å². The maximum Gasteiger partial charge on any atom is 0.331 e. The van der Waals surface area contributed by atoms with E-state index in [1.165, 1.54) is 12.5 Å². The summed E-state index contributed by atoms with van der Waals surface area (Å²) >= 11 is 0. The van der Waals surface area contributed by atoms with Gasteiger partial charge < -0.3 is 19.5 Å². The Bertz CT molecular complexity index is 773. The Morgan fingerprint density at radius 2 is 2.03 bits per heavy atom. The van der Waals surface area contributed by atoms with Crippen LogP contribution in [0.1, 0.15) is 57.6 Å². The Labute approximate surface area is 172 Å². The number of benzene rings is 1. The highest BCUT2D eigenvalue weighted by Gasteiger charge is 2.23. The van der Waals surface area contributed by atoms with Crippen LogP contribution in [0, 0.1) is 5.92 Å². The summed E-state index contributed by atoms with van der Waals surface area (Å²) in [6, 6.07) is 4.02. The molecule has 1 heterocycles. The molecular formula is C23H31NO5. The summed E-state index contributed by atoms with van der Waals surface area (Å²) in [7, 11) is 0. The summed E-state index contributed by atoms with van der Waals surface area (Å²) in [5, 5.41) is 2.98. The normalized spacial score (nSPS) is 23.3. The lowest BCUT2D eigenvalue weighted by molar-refractivity contribution is -0.144. The van der Waals surface area contributed by atoms with Crippen LogP contribution >= 0.6 is 0 Å². The van der Waals surface area contributed by atoms with Gasteiger partial charge in [0.15, 0.2) is 6.61 Å². The minimum atomic E-state index is -0.561. The molecular weight excluding hydrogens is 370 g/mol. The first-order chi connectivity index (χ1) is 14.0. The number of carbonyl (C=O) groups is 2. The van der Waals surface area contributed by atoms with Gasteiger partial charge in [-0.3, -0.25) is 4.79 Å². The second-order valence-corrected chi connectivity index (χ2v) is 7.94. The topological polar surface area (TPSA) is 73.9 Å². The van der Waals surface area contributed by atoms with Crippen LogP contribution in [-0.4, -0.2) is 37.2 Å². The Kier molecular flexibility index (Phi) is 7.18. The number of nitrogens with one attached hydrogen (secondary N) is 1. The van der Waals surface area contributed by atoms with E-state index in [0.717, 1.165) is 42.6 Å². The summed E-state index contributed by atoms with van der Waals surface area (Å²) in [6.07, 6.45) is 8.39. The van der Waals surface area contributed by atoms with E-state index in [9.17, 15) is 9.59 Å². The standard InChI is InChI=1S/C23H31NO5/c1-4-27-20-13-18-11-16(3)29-21(18)12-17(20)9-10-23(26)28-14-22(25)24-19-8-6-5-7-15(19)2/h9-10,12-13,15-16,19H,4-8,11,14H2,1-3H3,(H,24,25)/b10-9+/t15-,16+,19+/m0/s1. The summed E-state index contributed by atoms with van der Waals surface area (Å²) in [5.74, 6) is 1.17. The van der Waals surface area contributed by atoms with Gasteiger partial charge in [0.2, 0.25) is 0 Å². The van der Waals surface area contributed by atoms with Crippen LogP contribution in [0.25, 0.3) is 6.08 Å². The molecule has 0 aromatic heterocycles. The van der Waals surface area contributed by atoms with E-state index < -0.39 is 5.97 Å². The summed E-state index contributed by atoms with van der Waals surface area (Å²) in [4.78, 5) is 24.2. The fourth-order valence-corrected chi connectivity index (χ4v) is 3.99. The smallest absolute Gasteiger partial charge is 0.331 e. The van der Waals surface area contributed by atoms with Gasteiger partial charge in [0, 0.05) is 29.7 Å². The van der Waals surface area contributed by atoms with Gasteiger partial charge >= 0.3 is 5.97 Å². The molecule has 2 aliphatic rings. The molecule has 1 N–H and O–H groups in total. The van der Waals surface area contributed by atoms with Crippen molar-refractivity contribution in [3.05, 3.63) is 29.3 Å². The van der Waals surface area contributed by atoms with E-state index in [1.807, 2.05) is 26.0 Å². The van der Waals surface area contributed by atoms with Crippen molar-refractivity contribution in [2.45, 2.75) is 65.0 Å². The van der Waals surface area contributed by atoms with E-state index in [0.29, 0.717) is 18.3 Å². The van der Waals surface area contributed by atoms with Crippen molar-refractivity contribution in [1.82, 2.24) is 5.32 Å². The van der Waals surface area contributed by atoms with Gasteiger partial charge in [-0.05, 0) is 50.8 Å². The zero-order valence-corrected chi connectivity index (χ0v) is 17.5. The first-order valence-electron chi connectivity index (χ1n) is 10.6. The second-order valence-electron chi connectivity index (χ2n) is 7.94. The van der Waals surface area contributed by atoms with Crippen molar-refractivity contribution < 1.29 is 23.8 Å². The molecule has 0 radical (unpaired) electrons. The van der Waals surface area contributed by atoms with Crippen LogP contribution < -0.4 is 14.8 Å². The first-order valence-corrected chi connectivity index (χ1v) is 10.6. The molecule has 6 heteroatoms. The molecule has 3 rings (SSSR count). The van der Waals surface area contributed by atoms with E-state index in [4.69, 9.17) is 14.2 Å². The van der Waals surface area contributed by atoms with Crippen molar-refractivity contribution in [2.24, 2.45) is 5.92 Å². The molecule has 6 nitrogen and oxygen atoms in total. The minimum Gasteiger partial charge on any atom is -0.493 e. The summed E-state index contributed by atoms with van der Waals surface area (Å²) in [5.41, 5.74) is 1.85. The van der Waals surface area contributed by atoms with Gasteiger partial charge in [0.1, 0.15) is 17.6 Å². The number of hydrogen-bond acceptors (Lipinski definition) is 5. The van der Waals surface area contributed by atoms with Crippen LogP contribution in [-0.2, 0) is 20.7 Å². The Balaban J connectivity index is 1.55. The molecule has 158 valence electrons. The van der Waals surface area contributed by atoms with Gasteiger partial charge in [-0.15, -0.1) is 0 Å². The van der Waals surface area contributed by atoms with Crippen LogP contribution in [0.5, 0.6) is 11.5 Å². The zero-order chi connectivity index (χ0) is 20.8. The molecule has 1 aliphatic carbocycles. The van der Waals surface area contributed by atoms with Gasteiger partial charge in [-0.25, -0.2) is 4.79 Å². The molecule has 1 aliphatic heterocycles. The Morgan fingerprint density at radius 3 is 2.79 bits per heavy atom. The highest BCUT2D eigenvalue weighted by Crippen LogP contribution is 2.35. The quantitative estimate of drug-likeness (QED) is 0.558. The van der Waals surface area contributed by atoms with Gasteiger partial charge in [-0.2, -0.15) is 0 Å². The molecule has 1 aromatic rings. The third-order valence-corrected chi connectivity index (χ3v) is 5.53. The number of hydrogen-bond donors (Lipinski definition) is 1. The van der Waals surface area contributed by atoms with Crippen molar-refractivity contribution in [2.75, 3.05) is 13.2 Å². The number of fused-ring (bicyclic) bond motifs is 1. The van der Waals surface area contributed by atoms with E-state index >= 15 is 0 Å². The molecule has 0 bridgehead atoms. The summed E-state index contributed by atoms with van der Waals surface area (Å²) < 4.78 is 16.6. The van der Waals surface area contributed by atoms with E-state index in [2.05, 4.69) is 12.2 Å². The third-order valence-electron chi connectivity index (χ3n) is 5.53. The first kappa shape index (κ1) is 21.2. The SMILES string of the molecule is CCOc1cc2c(cc1/C=C/C(=O)OCC(=O)N[C@@H]1CCCC[C@@H]1C)O[C@H](C)C2. The number of amides is 1. The zero-order valence-electron chi connectivity index (χ0n) is 17.5. The molecule has 3 atom stereocenters. The third kappa shape index (κ3) is 5.75. The lowest BCUT2D eigenvalue weighted by Crippen LogP contribution is -2.42. The minimum absolute atomic E-state index is 0.133. The monoisotopic (exact) mass is 401 g/mol. The van der Waals surface area contributed by atoms with Crippen LogP contribution in [0.3, 0.4) is 0 Å². The fraction of sp³-hybridized carbons (Fsp3) is 0.565. The molecule has 1 fully saturated rings. The van der Waals surface area contributed by atoms with E-state index in [-0.39, 0.29) is 24.7 Å². The molecule has 1 saturated carbocycles. The van der Waals surface area contributed by atoms with Crippen LogP contribution in [0.4, 0.5) is 0 Å². The highest BCUT2D eigenvalue weighted by atomic mass is 16.5. The predicted molar refractivity (Wildman–Crippen MR) is 111 cm³/mol. The Hall–Kier alpha value is -2.50. The number of esters is 1. The lowest BCUT2D eigenvalue weighted by Gasteiger charge is -2.29.